The van der Waals surface area contributed by atoms with Gasteiger partial charge >= 0.3 is 0 Å². The highest BCUT2D eigenvalue weighted by molar-refractivity contribution is 7.09. The first-order chi connectivity index (χ1) is 14.6. The van der Waals surface area contributed by atoms with Gasteiger partial charge in [0.1, 0.15) is 5.78 Å². The van der Waals surface area contributed by atoms with Crippen molar-refractivity contribution in [3.8, 4) is 0 Å². The number of fused-ring (bicyclic) bond motifs is 1. The van der Waals surface area contributed by atoms with E-state index in [0.29, 0.717) is 17.2 Å². The van der Waals surface area contributed by atoms with E-state index < -0.39 is 0 Å². The van der Waals surface area contributed by atoms with Gasteiger partial charge in [0.05, 0.1) is 11.2 Å². The molecule has 0 radical (unpaired) electrons. The molecule has 1 unspecified atom stereocenters. The van der Waals surface area contributed by atoms with Crippen LogP contribution in [0.1, 0.15) is 94.5 Å². The summed E-state index contributed by atoms with van der Waals surface area (Å²) < 4.78 is 0. The third-order valence-electron chi connectivity index (χ3n) is 8.78. The van der Waals surface area contributed by atoms with Gasteiger partial charge in [0, 0.05) is 23.8 Å². The number of Topliss-reactive ketones (excluding diaryl/α,β-unsaturated/α-hetero) is 1. The van der Waals surface area contributed by atoms with Crippen molar-refractivity contribution < 1.29 is 4.79 Å². The third-order valence-corrected chi connectivity index (χ3v) is 9.67. The summed E-state index contributed by atoms with van der Waals surface area (Å²) in [4.78, 5) is 21.6. The second-order valence-corrected chi connectivity index (χ2v) is 12.2. The molecule has 1 aromatic heterocycles. The van der Waals surface area contributed by atoms with Crippen molar-refractivity contribution >= 4 is 17.1 Å². The molecule has 1 aromatic rings. The van der Waals surface area contributed by atoms with Crippen molar-refractivity contribution in [3.05, 3.63) is 16.1 Å². The summed E-state index contributed by atoms with van der Waals surface area (Å²) >= 11 is 1.84. The van der Waals surface area contributed by atoms with Crippen LogP contribution in [0, 0.1) is 23.2 Å². The van der Waals surface area contributed by atoms with Crippen molar-refractivity contribution in [2.45, 2.75) is 103 Å². The van der Waals surface area contributed by atoms with Gasteiger partial charge in [0.2, 0.25) is 0 Å². The second-order valence-electron chi connectivity index (χ2n) is 11.2. The molecule has 0 amide bonds. The van der Waals surface area contributed by atoms with Crippen LogP contribution in [0.4, 0.5) is 0 Å². The molecular formula is C26H40N2OS. The minimum absolute atomic E-state index is 0.425. The van der Waals surface area contributed by atoms with Crippen LogP contribution in [-0.4, -0.2) is 34.8 Å². The lowest BCUT2D eigenvalue weighted by Crippen LogP contribution is -2.46. The Hall–Kier alpha value is -0.740. The average molecular weight is 429 g/mol. The molecule has 0 N–H and O–H groups in total. The lowest BCUT2D eigenvalue weighted by molar-refractivity contribution is -0.127. The van der Waals surface area contributed by atoms with Crippen molar-refractivity contribution in [1.82, 2.24) is 9.88 Å². The predicted molar refractivity (Wildman–Crippen MR) is 124 cm³/mol. The minimum Gasteiger partial charge on any atom is -0.300 e. The molecule has 6 rings (SSSR count). The van der Waals surface area contributed by atoms with Crippen LogP contribution >= 0.6 is 11.3 Å². The van der Waals surface area contributed by atoms with Crippen molar-refractivity contribution in [1.29, 1.82) is 0 Å². The molecule has 5 aliphatic rings. The fraction of sp³-hybridized carbons (Fsp3) is 0.846. The fourth-order valence-corrected chi connectivity index (χ4v) is 8.90. The lowest BCUT2D eigenvalue weighted by atomic mass is 9.48. The van der Waals surface area contributed by atoms with Gasteiger partial charge in [0.25, 0.3) is 0 Å². The molecule has 1 atom stereocenters. The molecule has 4 bridgehead atoms. The van der Waals surface area contributed by atoms with E-state index in [-0.39, 0.29) is 0 Å². The first kappa shape index (κ1) is 21.1. The Bertz CT molecular complexity index is 706. The van der Waals surface area contributed by atoms with Gasteiger partial charge in [-0.2, -0.15) is 0 Å². The number of nitrogens with zero attached hydrogens (tertiary/aromatic N) is 2. The molecule has 166 valence electrons. The fourth-order valence-electron chi connectivity index (χ4n) is 8.01. The smallest absolute Gasteiger partial charge is 0.133 e. The van der Waals surface area contributed by atoms with Gasteiger partial charge < -0.3 is 4.90 Å². The molecule has 3 nitrogen and oxygen atoms in total. The molecule has 0 aliphatic heterocycles. The summed E-state index contributed by atoms with van der Waals surface area (Å²) in [5, 5.41) is 0. The van der Waals surface area contributed by atoms with Gasteiger partial charge in [-0.3, -0.25) is 4.79 Å². The summed E-state index contributed by atoms with van der Waals surface area (Å²) in [6.45, 7) is 4.65. The highest BCUT2D eigenvalue weighted by Gasteiger charge is 2.51. The zero-order valence-electron chi connectivity index (χ0n) is 18.9. The van der Waals surface area contributed by atoms with Gasteiger partial charge in [0.15, 0.2) is 0 Å². The van der Waals surface area contributed by atoms with Crippen molar-refractivity contribution in [3.63, 3.8) is 0 Å². The summed E-state index contributed by atoms with van der Waals surface area (Å²) in [6.07, 6.45) is 17.3. The SMILES string of the molecule is CCCN(CCCCC(=O)CC12CC3CC(CC(C3)C1)C2)C1CCc2ncsc2C1. The Morgan fingerprint density at radius 2 is 1.87 bits per heavy atom. The topological polar surface area (TPSA) is 33.2 Å². The van der Waals surface area contributed by atoms with Crippen LogP contribution in [-0.2, 0) is 17.6 Å². The quantitative estimate of drug-likeness (QED) is 0.425. The Morgan fingerprint density at radius 1 is 1.13 bits per heavy atom. The van der Waals surface area contributed by atoms with Crippen LogP contribution in [0.2, 0.25) is 0 Å². The molecule has 4 heteroatoms. The number of carbonyl (C=O) groups is 1. The summed E-state index contributed by atoms with van der Waals surface area (Å²) in [7, 11) is 0. The largest absolute Gasteiger partial charge is 0.300 e. The minimum atomic E-state index is 0.425. The number of carbonyl (C=O) groups excluding carboxylic acids is 1. The van der Waals surface area contributed by atoms with Gasteiger partial charge in [-0.25, -0.2) is 4.98 Å². The molecular weight excluding hydrogens is 388 g/mol. The van der Waals surface area contributed by atoms with E-state index in [1.165, 1.54) is 81.3 Å². The van der Waals surface area contributed by atoms with E-state index in [1.807, 2.05) is 16.8 Å². The van der Waals surface area contributed by atoms with E-state index in [2.05, 4.69) is 16.8 Å². The molecule has 4 fully saturated rings. The lowest BCUT2D eigenvalue weighted by Gasteiger charge is -2.56. The maximum atomic E-state index is 12.9. The molecule has 30 heavy (non-hydrogen) atoms. The average Bonchev–Trinajstić information content (AvgIpc) is 3.16. The number of ketones is 1. The number of rotatable bonds is 10. The van der Waals surface area contributed by atoms with Gasteiger partial charge in [-0.05, 0) is 113 Å². The summed E-state index contributed by atoms with van der Waals surface area (Å²) in [6, 6.07) is 0.681. The first-order valence-corrected chi connectivity index (χ1v) is 13.7. The predicted octanol–water partition coefficient (Wildman–Crippen LogP) is 6.06. The van der Waals surface area contributed by atoms with E-state index in [1.54, 1.807) is 0 Å². The molecule has 1 heterocycles. The van der Waals surface area contributed by atoms with E-state index in [0.717, 1.165) is 50.0 Å². The molecule has 0 saturated heterocycles. The maximum Gasteiger partial charge on any atom is 0.133 e. The molecule has 4 saturated carbocycles. The number of aromatic nitrogens is 1. The number of hydrogen-bond donors (Lipinski definition) is 0. The van der Waals surface area contributed by atoms with E-state index >= 15 is 0 Å². The number of hydrogen-bond acceptors (Lipinski definition) is 4. The van der Waals surface area contributed by atoms with Gasteiger partial charge in [-0.15, -0.1) is 11.3 Å². The van der Waals surface area contributed by atoms with E-state index in [4.69, 9.17) is 0 Å². The van der Waals surface area contributed by atoms with Crippen LogP contribution in [0.3, 0.4) is 0 Å². The highest BCUT2D eigenvalue weighted by Crippen LogP contribution is 2.61. The van der Waals surface area contributed by atoms with Crippen molar-refractivity contribution in [2.75, 3.05) is 13.1 Å². The summed E-state index contributed by atoms with van der Waals surface area (Å²) in [5.41, 5.74) is 3.80. The van der Waals surface area contributed by atoms with Crippen molar-refractivity contribution in [2.24, 2.45) is 23.2 Å². The number of unbranched alkanes of at least 4 members (excludes halogenated alkanes) is 1. The Balaban J connectivity index is 1.07. The van der Waals surface area contributed by atoms with Crippen LogP contribution in [0.5, 0.6) is 0 Å². The number of thiazole rings is 1. The highest BCUT2D eigenvalue weighted by atomic mass is 32.1. The number of aryl methyl sites for hydroxylation is 1. The molecule has 5 aliphatic carbocycles. The van der Waals surface area contributed by atoms with Crippen LogP contribution < -0.4 is 0 Å². The Kier molecular flexibility index (Phi) is 6.35. The Morgan fingerprint density at radius 3 is 2.57 bits per heavy atom. The van der Waals surface area contributed by atoms with E-state index in [9.17, 15) is 4.79 Å². The Labute approximate surface area is 187 Å². The summed E-state index contributed by atoms with van der Waals surface area (Å²) in [5.74, 6) is 3.45. The van der Waals surface area contributed by atoms with Crippen LogP contribution in [0.25, 0.3) is 0 Å². The normalized spacial score (nSPS) is 34.5. The second kappa shape index (κ2) is 9.02. The monoisotopic (exact) mass is 428 g/mol. The first-order valence-electron chi connectivity index (χ1n) is 12.8. The third kappa shape index (κ3) is 4.55. The zero-order valence-corrected chi connectivity index (χ0v) is 19.7. The maximum absolute atomic E-state index is 12.9. The van der Waals surface area contributed by atoms with Gasteiger partial charge in [-0.1, -0.05) is 6.92 Å². The zero-order chi connectivity index (χ0) is 20.6. The van der Waals surface area contributed by atoms with Crippen LogP contribution in [0.15, 0.2) is 5.51 Å². The molecule has 0 spiro atoms. The molecule has 0 aromatic carbocycles. The standard InChI is InChI=1S/C26H40N2OS/c1-2-8-28(22-6-7-24-25(13-22)30-18-27-24)9-4-3-5-23(29)17-26-14-19-10-20(15-26)12-21(11-19)16-26/h18-22H,2-17H2,1H3.